The Morgan fingerprint density at radius 3 is 2.56 bits per heavy atom. The molecular formula is C19H33N5O. The SMILES string of the molecule is Cc1nn(C)cc1CN1CCC2(CCC(=O)N(CCN(C)C)C2)CC1. The van der Waals surface area contributed by atoms with Gasteiger partial charge >= 0.3 is 0 Å². The highest BCUT2D eigenvalue weighted by Crippen LogP contribution is 2.40. The number of rotatable bonds is 5. The number of hydrogen-bond acceptors (Lipinski definition) is 4. The number of aryl methyl sites for hydroxylation is 2. The Labute approximate surface area is 151 Å². The van der Waals surface area contributed by atoms with Crippen LogP contribution in [0.1, 0.15) is 36.9 Å². The summed E-state index contributed by atoms with van der Waals surface area (Å²) in [5.41, 5.74) is 2.83. The van der Waals surface area contributed by atoms with Gasteiger partial charge in [-0.25, -0.2) is 0 Å². The molecule has 3 heterocycles. The lowest BCUT2D eigenvalue weighted by Gasteiger charge is -2.47. The summed E-state index contributed by atoms with van der Waals surface area (Å²) in [7, 11) is 6.13. The van der Waals surface area contributed by atoms with Gasteiger partial charge in [-0.1, -0.05) is 0 Å². The van der Waals surface area contributed by atoms with Gasteiger partial charge in [0.2, 0.25) is 5.91 Å². The average Bonchev–Trinajstić information content (AvgIpc) is 2.88. The zero-order valence-corrected chi connectivity index (χ0v) is 16.3. The zero-order chi connectivity index (χ0) is 18.0. The third kappa shape index (κ3) is 4.42. The molecule has 1 aromatic heterocycles. The number of likely N-dealkylation sites (N-methyl/N-ethyl adjacent to an activating group) is 1. The quantitative estimate of drug-likeness (QED) is 0.810. The van der Waals surface area contributed by atoms with E-state index < -0.39 is 0 Å². The Morgan fingerprint density at radius 1 is 1.24 bits per heavy atom. The van der Waals surface area contributed by atoms with Crippen molar-refractivity contribution in [3.63, 3.8) is 0 Å². The minimum absolute atomic E-state index is 0.348. The van der Waals surface area contributed by atoms with Gasteiger partial charge in [0.05, 0.1) is 5.69 Å². The molecule has 1 aromatic rings. The molecule has 0 atom stereocenters. The molecule has 6 heteroatoms. The third-order valence-corrected chi connectivity index (χ3v) is 5.99. The molecule has 2 aliphatic heterocycles. The van der Waals surface area contributed by atoms with Crippen molar-refractivity contribution in [1.29, 1.82) is 0 Å². The highest BCUT2D eigenvalue weighted by atomic mass is 16.2. The van der Waals surface area contributed by atoms with E-state index in [-0.39, 0.29) is 0 Å². The highest BCUT2D eigenvalue weighted by molar-refractivity contribution is 5.77. The standard InChI is InChI=1S/C19H33N5O/c1-16-17(13-22(4)20-16)14-23-9-7-19(8-10-23)6-5-18(25)24(15-19)12-11-21(2)3/h13H,5-12,14-15H2,1-4H3. The summed E-state index contributed by atoms with van der Waals surface area (Å²) in [6.07, 6.45) is 6.36. The van der Waals surface area contributed by atoms with Crippen LogP contribution in [-0.4, -0.2) is 77.2 Å². The van der Waals surface area contributed by atoms with E-state index in [0.29, 0.717) is 11.3 Å². The molecule has 1 spiro atoms. The molecule has 25 heavy (non-hydrogen) atoms. The van der Waals surface area contributed by atoms with E-state index in [0.717, 1.165) is 57.8 Å². The molecule has 140 valence electrons. The summed E-state index contributed by atoms with van der Waals surface area (Å²) in [4.78, 5) is 19.1. The Bertz CT molecular complexity index is 601. The van der Waals surface area contributed by atoms with E-state index in [4.69, 9.17) is 0 Å². The van der Waals surface area contributed by atoms with E-state index >= 15 is 0 Å². The van der Waals surface area contributed by atoms with Gasteiger partial charge in [-0.2, -0.15) is 5.10 Å². The maximum atomic E-state index is 12.3. The molecule has 1 amide bonds. The number of aromatic nitrogens is 2. The van der Waals surface area contributed by atoms with Crippen LogP contribution in [0.15, 0.2) is 6.20 Å². The van der Waals surface area contributed by atoms with Crippen LogP contribution in [0, 0.1) is 12.3 Å². The molecule has 2 fully saturated rings. The number of carbonyl (C=O) groups excluding carboxylic acids is 1. The normalized spacial score (nSPS) is 21.5. The number of amides is 1. The van der Waals surface area contributed by atoms with Crippen molar-refractivity contribution in [2.45, 2.75) is 39.2 Å². The summed E-state index contributed by atoms with van der Waals surface area (Å²) in [6, 6.07) is 0. The minimum Gasteiger partial charge on any atom is -0.341 e. The number of nitrogens with zero attached hydrogens (tertiary/aromatic N) is 5. The van der Waals surface area contributed by atoms with Gasteiger partial charge in [-0.05, 0) is 58.8 Å². The van der Waals surface area contributed by atoms with Crippen molar-refractivity contribution < 1.29 is 4.79 Å². The summed E-state index contributed by atoms with van der Waals surface area (Å²) in [5, 5.41) is 4.45. The smallest absolute Gasteiger partial charge is 0.222 e. The van der Waals surface area contributed by atoms with Gasteiger partial charge in [0.25, 0.3) is 0 Å². The van der Waals surface area contributed by atoms with Crippen molar-refractivity contribution in [2.75, 3.05) is 46.8 Å². The van der Waals surface area contributed by atoms with Crippen LogP contribution in [0.4, 0.5) is 0 Å². The predicted molar refractivity (Wildman–Crippen MR) is 99.3 cm³/mol. The highest BCUT2D eigenvalue weighted by Gasteiger charge is 2.40. The molecule has 2 aliphatic rings. The van der Waals surface area contributed by atoms with Gasteiger partial charge in [0, 0.05) is 51.4 Å². The van der Waals surface area contributed by atoms with Gasteiger partial charge in [-0.15, -0.1) is 0 Å². The topological polar surface area (TPSA) is 44.6 Å². The van der Waals surface area contributed by atoms with Gasteiger partial charge in [0.15, 0.2) is 0 Å². The molecule has 0 unspecified atom stereocenters. The van der Waals surface area contributed by atoms with Gasteiger partial charge in [0.1, 0.15) is 0 Å². The summed E-state index contributed by atoms with van der Waals surface area (Å²) in [5.74, 6) is 0.348. The lowest BCUT2D eigenvalue weighted by Crippen LogP contribution is -2.52. The number of likely N-dealkylation sites (tertiary alicyclic amines) is 2. The fourth-order valence-corrected chi connectivity index (χ4v) is 4.27. The van der Waals surface area contributed by atoms with E-state index in [9.17, 15) is 4.79 Å². The molecule has 6 nitrogen and oxygen atoms in total. The first-order chi connectivity index (χ1) is 11.9. The van der Waals surface area contributed by atoms with E-state index in [2.05, 4.69) is 47.0 Å². The molecule has 0 saturated carbocycles. The second kappa shape index (κ2) is 7.46. The summed E-state index contributed by atoms with van der Waals surface area (Å²) >= 11 is 0. The average molecular weight is 348 g/mol. The summed E-state index contributed by atoms with van der Waals surface area (Å²) < 4.78 is 1.91. The number of carbonyl (C=O) groups is 1. The van der Waals surface area contributed by atoms with E-state index in [1.165, 1.54) is 18.4 Å². The van der Waals surface area contributed by atoms with Gasteiger partial charge < -0.3 is 9.80 Å². The molecule has 0 aromatic carbocycles. The van der Waals surface area contributed by atoms with Crippen molar-refractivity contribution in [3.05, 3.63) is 17.5 Å². The fourth-order valence-electron chi connectivity index (χ4n) is 4.27. The van der Waals surface area contributed by atoms with Crippen LogP contribution in [0.5, 0.6) is 0 Å². The fraction of sp³-hybridized carbons (Fsp3) is 0.789. The molecule has 0 aliphatic carbocycles. The first-order valence-electron chi connectivity index (χ1n) is 9.51. The van der Waals surface area contributed by atoms with Gasteiger partial charge in [-0.3, -0.25) is 14.4 Å². The molecule has 3 rings (SSSR count). The first-order valence-corrected chi connectivity index (χ1v) is 9.51. The first kappa shape index (κ1) is 18.4. The maximum absolute atomic E-state index is 12.3. The Hall–Kier alpha value is -1.40. The molecule has 2 saturated heterocycles. The zero-order valence-electron chi connectivity index (χ0n) is 16.3. The number of piperidine rings is 2. The van der Waals surface area contributed by atoms with E-state index in [1.807, 2.05) is 11.7 Å². The van der Waals surface area contributed by atoms with Crippen molar-refractivity contribution in [2.24, 2.45) is 12.5 Å². The molecule has 0 N–H and O–H groups in total. The van der Waals surface area contributed by atoms with Crippen molar-refractivity contribution in [1.82, 2.24) is 24.5 Å². The van der Waals surface area contributed by atoms with Crippen LogP contribution in [0.2, 0.25) is 0 Å². The van der Waals surface area contributed by atoms with Crippen LogP contribution in [0.3, 0.4) is 0 Å². The lowest BCUT2D eigenvalue weighted by atomic mass is 9.72. The van der Waals surface area contributed by atoms with Crippen LogP contribution in [0.25, 0.3) is 0 Å². The second-order valence-corrected chi connectivity index (χ2v) is 8.31. The Balaban J connectivity index is 1.55. The van der Waals surface area contributed by atoms with Crippen molar-refractivity contribution in [3.8, 4) is 0 Å². The lowest BCUT2D eigenvalue weighted by molar-refractivity contribution is -0.139. The van der Waals surface area contributed by atoms with E-state index in [1.54, 1.807) is 0 Å². The maximum Gasteiger partial charge on any atom is 0.222 e. The van der Waals surface area contributed by atoms with Crippen LogP contribution < -0.4 is 0 Å². The monoisotopic (exact) mass is 347 g/mol. The third-order valence-electron chi connectivity index (χ3n) is 5.99. The van der Waals surface area contributed by atoms with Crippen LogP contribution in [-0.2, 0) is 18.4 Å². The predicted octanol–water partition coefficient (Wildman–Crippen LogP) is 1.49. The Morgan fingerprint density at radius 2 is 1.96 bits per heavy atom. The second-order valence-electron chi connectivity index (χ2n) is 8.31. The Kier molecular flexibility index (Phi) is 5.49. The largest absolute Gasteiger partial charge is 0.341 e. The number of hydrogen-bond donors (Lipinski definition) is 0. The summed E-state index contributed by atoms with van der Waals surface area (Å²) in [6.45, 7) is 8.13. The van der Waals surface area contributed by atoms with Crippen molar-refractivity contribution >= 4 is 5.91 Å². The molecule has 0 radical (unpaired) electrons. The minimum atomic E-state index is 0.348. The molecular weight excluding hydrogens is 314 g/mol. The van der Waals surface area contributed by atoms with Crippen LogP contribution >= 0.6 is 0 Å². The molecule has 0 bridgehead atoms.